The van der Waals surface area contributed by atoms with Crippen molar-refractivity contribution in [2.45, 2.75) is 38.3 Å². The first kappa shape index (κ1) is 24.8. The topological polar surface area (TPSA) is 57.8 Å². The average Bonchev–Trinajstić information content (AvgIpc) is 3.27. The van der Waals surface area contributed by atoms with E-state index in [4.69, 9.17) is 11.6 Å². The van der Waals surface area contributed by atoms with Crippen LogP contribution in [-0.2, 0) is 23.8 Å². The molecule has 4 nitrogen and oxygen atoms in total. The van der Waals surface area contributed by atoms with Gasteiger partial charge in [-0.3, -0.25) is 9.78 Å². The predicted molar refractivity (Wildman–Crippen MR) is 132 cm³/mol. The highest BCUT2D eigenvalue weighted by Crippen LogP contribution is 2.40. The lowest BCUT2D eigenvalue weighted by Gasteiger charge is -2.19. The Morgan fingerprint density at radius 3 is 2.69 bits per heavy atom. The van der Waals surface area contributed by atoms with Crippen LogP contribution in [0.1, 0.15) is 47.2 Å². The Hall–Kier alpha value is -3.32. The molecule has 4 aromatic rings. The zero-order chi connectivity index (χ0) is 25.0. The Kier molecular flexibility index (Phi) is 7.45. The van der Waals surface area contributed by atoms with E-state index in [-0.39, 0.29) is 17.4 Å². The van der Waals surface area contributed by atoms with E-state index >= 15 is 0 Å². The second-order valence-electron chi connectivity index (χ2n) is 8.35. The zero-order valence-electron chi connectivity index (χ0n) is 19.1. The van der Waals surface area contributed by atoms with Gasteiger partial charge in [0.25, 0.3) is 0 Å². The molecule has 0 radical (unpaired) electrons. The van der Waals surface area contributed by atoms with E-state index in [0.29, 0.717) is 18.5 Å². The third-order valence-electron chi connectivity index (χ3n) is 6.11. The molecule has 0 aliphatic heterocycles. The summed E-state index contributed by atoms with van der Waals surface area (Å²) in [4.78, 5) is 20.4. The SMILES string of the molecule is CCc1cccc2c([C@H](CC(=O)NCCc3ccccn3)c3ccc(Cl)c(C(F)(F)F)c3)c[nH]c12. The number of nitrogens with zero attached hydrogens (tertiary/aromatic N) is 1. The quantitative estimate of drug-likeness (QED) is 0.284. The molecule has 4 rings (SSSR count). The smallest absolute Gasteiger partial charge is 0.361 e. The van der Waals surface area contributed by atoms with Gasteiger partial charge in [-0.2, -0.15) is 13.2 Å². The number of benzene rings is 2. The Balaban J connectivity index is 1.66. The first-order valence-corrected chi connectivity index (χ1v) is 11.8. The fraction of sp³-hybridized carbons (Fsp3) is 0.259. The fourth-order valence-electron chi connectivity index (χ4n) is 4.34. The molecule has 0 saturated heterocycles. The first-order chi connectivity index (χ1) is 16.8. The lowest BCUT2D eigenvalue weighted by molar-refractivity contribution is -0.137. The van der Waals surface area contributed by atoms with Gasteiger partial charge in [0.15, 0.2) is 0 Å². The Morgan fingerprint density at radius 1 is 1.14 bits per heavy atom. The van der Waals surface area contributed by atoms with Crippen molar-refractivity contribution >= 4 is 28.4 Å². The third kappa shape index (κ3) is 5.68. The molecular formula is C27H25ClF3N3O. The molecule has 0 spiro atoms. The summed E-state index contributed by atoms with van der Waals surface area (Å²) in [5, 5.41) is 3.40. The van der Waals surface area contributed by atoms with Gasteiger partial charge in [-0.1, -0.05) is 48.9 Å². The van der Waals surface area contributed by atoms with Crippen molar-refractivity contribution in [3.63, 3.8) is 0 Å². The van der Waals surface area contributed by atoms with Crippen LogP contribution in [0.15, 0.2) is 67.0 Å². The fourth-order valence-corrected chi connectivity index (χ4v) is 4.56. The summed E-state index contributed by atoms with van der Waals surface area (Å²) in [5.74, 6) is -0.848. The van der Waals surface area contributed by atoms with Crippen LogP contribution >= 0.6 is 11.6 Å². The molecule has 0 aliphatic carbocycles. The third-order valence-corrected chi connectivity index (χ3v) is 6.44. The summed E-state index contributed by atoms with van der Waals surface area (Å²) in [7, 11) is 0. The highest BCUT2D eigenvalue weighted by Gasteiger charge is 2.34. The molecule has 35 heavy (non-hydrogen) atoms. The number of hydrogen-bond acceptors (Lipinski definition) is 2. The minimum atomic E-state index is -4.60. The van der Waals surface area contributed by atoms with Crippen molar-refractivity contribution in [1.29, 1.82) is 0 Å². The predicted octanol–water partition coefficient (Wildman–Crippen LogP) is 6.68. The second-order valence-corrected chi connectivity index (χ2v) is 8.76. The van der Waals surface area contributed by atoms with E-state index in [1.165, 1.54) is 6.07 Å². The molecule has 182 valence electrons. The van der Waals surface area contributed by atoms with Crippen molar-refractivity contribution in [2.24, 2.45) is 0 Å². The van der Waals surface area contributed by atoms with E-state index in [2.05, 4.69) is 15.3 Å². The maximum Gasteiger partial charge on any atom is 0.417 e. The van der Waals surface area contributed by atoms with Gasteiger partial charge in [-0.05, 0) is 47.4 Å². The van der Waals surface area contributed by atoms with Crippen LogP contribution in [0.3, 0.4) is 0 Å². The number of rotatable bonds is 8. The summed E-state index contributed by atoms with van der Waals surface area (Å²) in [6.07, 6.45) is 0.228. The van der Waals surface area contributed by atoms with Crippen LogP contribution in [0, 0.1) is 0 Å². The van der Waals surface area contributed by atoms with Gasteiger partial charge in [0.1, 0.15) is 0 Å². The number of alkyl halides is 3. The number of aromatic amines is 1. The Labute approximate surface area is 206 Å². The van der Waals surface area contributed by atoms with Crippen LogP contribution in [-0.4, -0.2) is 22.4 Å². The largest absolute Gasteiger partial charge is 0.417 e. The molecule has 0 unspecified atom stereocenters. The lowest BCUT2D eigenvalue weighted by atomic mass is 9.86. The van der Waals surface area contributed by atoms with Gasteiger partial charge in [0, 0.05) is 54.3 Å². The minimum Gasteiger partial charge on any atom is -0.361 e. The summed E-state index contributed by atoms with van der Waals surface area (Å²) >= 11 is 5.87. The van der Waals surface area contributed by atoms with Gasteiger partial charge in [0.2, 0.25) is 5.91 Å². The molecular weight excluding hydrogens is 475 g/mol. The summed E-state index contributed by atoms with van der Waals surface area (Å²) in [6.45, 7) is 2.42. The maximum absolute atomic E-state index is 13.6. The van der Waals surface area contributed by atoms with Crippen molar-refractivity contribution < 1.29 is 18.0 Å². The number of fused-ring (bicyclic) bond motifs is 1. The normalized spacial score (nSPS) is 12.6. The molecule has 0 fully saturated rings. The van der Waals surface area contributed by atoms with Gasteiger partial charge >= 0.3 is 6.18 Å². The molecule has 2 N–H and O–H groups in total. The molecule has 0 aliphatic rings. The number of carbonyl (C=O) groups is 1. The van der Waals surface area contributed by atoms with Crippen molar-refractivity contribution in [3.05, 3.63) is 100.0 Å². The highest BCUT2D eigenvalue weighted by atomic mass is 35.5. The van der Waals surface area contributed by atoms with Crippen molar-refractivity contribution in [3.8, 4) is 0 Å². The molecule has 1 amide bonds. The van der Waals surface area contributed by atoms with E-state index in [9.17, 15) is 18.0 Å². The summed E-state index contributed by atoms with van der Waals surface area (Å²) in [5.41, 5.74) is 3.11. The second kappa shape index (κ2) is 10.5. The van der Waals surface area contributed by atoms with Crippen LogP contribution in [0.5, 0.6) is 0 Å². The lowest BCUT2D eigenvalue weighted by Crippen LogP contribution is -2.27. The number of halogens is 4. The number of aryl methyl sites for hydroxylation is 1. The number of para-hydroxylation sites is 1. The standard InChI is InChI=1S/C27H25ClF3N3O/c1-2-17-6-5-8-20-22(16-34-26(17)20)21(18-9-10-24(28)23(14-18)27(29,30)31)15-25(35)33-13-11-19-7-3-4-12-32-19/h3-10,12,14,16,21,34H,2,11,13,15H2,1H3,(H,33,35)/t21-/m1/s1. The van der Waals surface area contributed by atoms with E-state index in [0.717, 1.165) is 40.2 Å². The van der Waals surface area contributed by atoms with E-state index < -0.39 is 17.7 Å². The number of aromatic nitrogens is 2. The van der Waals surface area contributed by atoms with Gasteiger partial charge in [0.05, 0.1) is 10.6 Å². The van der Waals surface area contributed by atoms with Gasteiger partial charge in [-0.25, -0.2) is 0 Å². The molecule has 1 atom stereocenters. The maximum atomic E-state index is 13.6. The van der Waals surface area contributed by atoms with Gasteiger partial charge < -0.3 is 10.3 Å². The van der Waals surface area contributed by atoms with Crippen LogP contribution < -0.4 is 5.32 Å². The number of nitrogens with one attached hydrogen (secondary N) is 2. The number of H-pyrrole nitrogens is 1. The molecule has 2 aromatic heterocycles. The summed E-state index contributed by atoms with van der Waals surface area (Å²) < 4.78 is 40.8. The van der Waals surface area contributed by atoms with Gasteiger partial charge in [-0.15, -0.1) is 0 Å². The Morgan fingerprint density at radius 2 is 1.97 bits per heavy atom. The Bertz CT molecular complexity index is 1320. The zero-order valence-corrected chi connectivity index (χ0v) is 19.9. The first-order valence-electron chi connectivity index (χ1n) is 11.4. The average molecular weight is 500 g/mol. The molecule has 8 heteroatoms. The highest BCUT2D eigenvalue weighted by molar-refractivity contribution is 6.31. The number of carbonyl (C=O) groups excluding carboxylic acids is 1. The monoisotopic (exact) mass is 499 g/mol. The van der Waals surface area contributed by atoms with Crippen LogP contribution in [0.25, 0.3) is 10.9 Å². The number of pyridine rings is 1. The molecule has 0 bridgehead atoms. The van der Waals surface area contributed by atoms with Crippen molar-refractivity contribution in [1.82, 2.24) is 15.3 Å². The molecule has 2 aromatic carbocycles. The number of hydrogen-bond donors (Lipinski definition) is 2. The summed E-state index contributed by atoms with van der Waals surface area (Å²) in [6, 6.07) is 15.3. The van der Waals surface area contributed by atoms with E-state index in [1.807, 2.05) is 43.3 Å². The molecule has 0 saturated carbocycles. The number of amides is 1. The minimum absolute atomic E-state index is 0.00947. The van der Waals surface area contributed by atoms with E-state index in [1.54, 1.807) is 18.5 Å². The van der Waals surface area contributed by atoms with Crippen molar-refractivity contribution in [2.75, 3.05) is 6.54 Å². The van der Waals surface area contributed by atoms with Crippen LogP contribution in [0.4, 0.5) is 13.2 Å². The van der Waals surface area contributed by atoms with Crippen LogP contribution in [0.2, 0.25) is 5.02 Å². The molecule has 2 heterocycles.